The molecule has 0 aromatic heterocycles. The van der Waals surface area contributed by atoms with Crippen LogP contribution < -0.4 is 0 Å². The van der Waals surface area contributed by atoms with Gasteiger partial charge in [0.1, 0.15) is 5.82 Å². The molecule has 5 heteroatoms. The third-order valence-corrected chi connectivity index (χ3v) is 4.27. The SMILES string of the molecule is Fc1ccc(CN2CCC(OCCCl)CC2)c(Br)c1. The summed E-state index contributed by atoms with van der Waals surface area (Å²) in [6.07, 6.45) is 2.41. The Morgan fingerprint density at radius 3 is 2.74 bits per heavy atom. The van der Waals surface area contributed by atoms with E-state index in [0.717, 1.165) is 42.5 Å². The van der Waals surface area contributed by atoms with Crippen LogP contribution in [0.3, 0.4) is 0 Å². The van der Waals surface area contributed by atoms with Crippen molar-refractivity contribution in [3.63, 3.8) is 0 Å². The van der Waals surface area contributed by atoms with Crippen LogP contribution in [0.5, 0.6) is 0 Å². The molecule has 1 aliphatic heterocycles. The maximum Gasteiger partial charge on any atom is 0.124 e. The van der Waals surface area contributed by atoms with Gasteiger partial charge in [0.05, 0.1) is 12.7 Å². The van der Waals surface area contributed by atoms with Crippen LogP contribution in [-0.4, -0.2) is 36.6 Å². The number of ether oxygens (including phenoxy) is 1. The first-order valence-corrected chi connectivity index (χ1v) is 7.85. The summed E-state index contributed by atoms with van der Waals surface area (Å²) in [6.45, 7) is 3.51. The molecule has 1 heterocycles. The van der Waals surface area contributed by atoms with E-state index >= 15 is 0 Å². The van der Waals surface area contributed by atoms with Crippen molar-refractivity contribution in [3.8, 4) is 0 Å². The van der Waals surface area contributed by atoms with Gasteiger partial charge in [0.2, 0.25) is 0 Å². The van der Waals surface area contributed by atoms with Crippen molar-refractivity contribution in [2.75, 3.05) is 25.6 Å². The minimum Gasteiger partial charge on any atom is -0.377 e. The molecule has 1 aromatic rings. The fourth-order valence-electron chi connectivity index (χ4n) is 2.34. The highest BCUT2D eigenvalue weighted by Crippen LogP contribution is 2.22. The Morgan fingerprint density at radius 2 is 2.11 bits per heavy atom. The van der Waals surface area contributed by atoms with Gasteiger partial charge >= 0.3 is 0 Å². The van der Waals surface area contributed by atoms with Gasteiger partial charge in [0.25, 0.3) is 0 Å². The van der Waals surface area contributed by atoms with Gasteiger partial charge in [0.15, 0.2) is 0 Å². The number of hydrogen-bond donors (Lipinski definition) is 0. The summed E-state index contributed by atoms with van der Waals surface area (Å²) in [6, 6.07) is 4.87. The molecule has 0 N–H and O–H groups in total. The average molecular weight is 351 g/mol. The predicted molar refractivity (Wildman–Crippen MR) is 79.1 cm³/mol. The Morgan fingerprint density at radius 1 is 1.37 bits per heavy atom. The number of alkyl halides is 1. The highest BCUT2D eigenvalue weighted by molar-refractivity contribution is 9.10. The predicted octanol–water partition coefficient (Wildman–Crippen LogP) is 3.81. The molecule has 0 amide bonds. The number of likely N-dealkylation sites (tertiary alicyclic amines) is 1. The molecule has 1 aromatic carbocycles. The van der Waals surface area contributed by atoms with E-state index in [2.05, 4.69) is 20.8 Å². The van der Waals surface area contributed by atoms with Crippen molar-refractivity contribution in [1.82, 2.24) is 4.90 Å². The summed E-state index contributed by atoms with van der Waals surface area (Å²) in [7, 11) is 0. The Balaban J connectivity index is 1.82. The minimum atomic E-state index is -0.205. The molecule has 0 bridgehead atoms. The second kappa shape index (κ2) is 7.58. The van der Waals surface area contributed by atoms with E-state index in [1.54, 1.807) is 0 Å². The van der Waals surface area contributed by atoms with E-state index in [4.69, 9.17) is 16.3 Å². The van der Waals surface area contributed by atoms with Crippen molar-refractivity contribution in [3.05, 3.63) is 34.1 Å². The van der Waals surface area contributed by atoms with E-state index in [1.807, 2.05) is 6.07 Å². The van der Waals surface area contributed by atoms with Crippen molar-refractivity contribution >= 4 is 27.5 Å². The summed E-state index contributed by atoms with van der Waals surface area (Å²) in [5.41, 5.74) is 1.13. The molecule has 0 atom stereocenters. The standard InChI is InChI=1S/C14H18BrClFNO/c15-14-9-12(17)2-1-11(14)10-18-6-3-13(4-7-18)19-8-5-16/h1-2,9,13H,3-8,10H2. The van der Waals surface area contributed by atoms with Crippen LogP contribution in [0.2, 0.25) is 0 Å². The summed E-state index contributed by atoms with van der Waals surface area (Å²) < 4.78 is 19.5. The number of nitrogens with zero attached hydrogens (tertiary/aromatic N) is 1. The monoisotopic (exact) mass is 349 g/mol. The molecule has 0 unspecified atom stereocenters. The van der Waals surface area contributed by atoms with E-state index in [9.17, 15) is 4.39 Å². The maximum atomic E-state index is 13.0. The van der Waals surface area contributed by atoms with Crippen LogP contribution in [-0.2, 0) is 11.3 Å². The van der Waals surface area contributed by atoms with Gasteiger partial charge in [-0.3, -0.25) is 4.90 Å². The first-order chi connectivity index (χ1) is 9.19. The first kappa shape index (κ1) is 15.2. The van der Waals surface area contributed by atoms with Crippen LogP contribution in [0.25, 0.3) is 0 Å². The third kappa shape index (κ3) is 4.71. The minimum absolute atomic E-state index is 0.205. The van der Waals surface area contributed by atoms with Gasteiger partial charge in [-0.2, -0.15) is 0 Å². The molecular weight excluding hydrogens is 333 g/mol. The molecule has 1 aliphatic rings. The quantitative estimate of drug-likeness (QED) is 0.749. The molecular formula is C14H18BrClFNO. The number of piperidine rings is 1. The average Bonchev–Trinajstić information content (AvgIpc) is 2.41. The van der Waals surface area contributed by atoms with E-state index in [-0.39, 0.29) is 5.82 Å². The lowest BCUT2D eigenvalue weighted by Gasteiger charge is -2.32. The maximum absolute atomic E-state index is 13.0. The fourth-order valence-corrected chi connectivity index (χ4v) is 2.90. The highest BCUT2D eigenvalue weighted by Gasteiger charge is 2.20. The molecule has 19 heavy (non-hydrogen) atoms. The zero-order valence-electron chi connectivity index (χ0n) is 10.7. The van der Waals surface area contributed by atoms with Crippen LogP contribution in [0.4, 0.5) is 4.39 Å². The smallest absolute Gasteiger partial charge is 0.124 e. The summed E-state index contributed by atoms with van der Waals surface area (Å²) in [4.78, 5) is 2.37. The Bertz CT molecular complexity index is 410. The summed E-state index contributed by atoms with van der Waals surface area (Å²) in [5.74, 6) is 0.353. The van der Waals surface area contributed by atoms with Crippen molar-refractivity contribution in [2.45, 2.75) is 25.5 Å². The second-order valence-corrected chi connectivity index (χ2v) is 6.00. The lowest BCUT2D eigenvalue weighted by molar-refractivity contribution is 0.0134. The second-order valence-electron chi connectivity index (χ2n) is 4.77. The third-order valence-electron chi connectivity index (χ3n) is 3.37. The Kier molecular flexibility index (Phi) is 6.07. The lowest BCUT2D eigenvalue weighted by atomic mass is 10.1. The molecule has 1 saturated heterocycles. The van der Waals surface area contributed by atoms with Crippen molar-refractivity contribution < 1.29 is 9.13 Å². The largest absolute Gasteiger partial charge is 0.377 e. The van der Waals surface area contributed by atoms with Gasteiger partial charge in [-0.25, -0.2) is 4.39 Å². The van der Waals surface area contributed by atoms with E-state index < -0.39 is 0 Å². The van der Waals surface area contributed by atoms with Gasteiger partial charge in [-0.15, -0.1) is 11.6 Å². The van der Waals surface area contributed by atoms with E-state index in [0.29, 0.717) is 18.6 Å². The van der Waals surface area contributed by atoms with Crippen LogP contribution in [0, 0.1) is 5.82 Å². The molecule has 0 aliphatic carbocycles. The van der Waals surface area contributed by atoms with Gasteiger partial charge in [-0.05, 0) is 30.5 Å². The highest BCUT2D eigenvalue weighted by atomic mass is 79.9. The summed E-state index contributed by atoms with van der Waals surface area (Å²) in [5, 5.41) is 0. The zero-order chi connectivity index (χ0) is 13.7. The molecule has 0 spiro atoms. The van der Waals surface area contributed by atoms with E-state index in [1.165, 1.54) is 12.1 Å². The molecule has 1 fully saturated rings. The van der Waals surface area contributed by atoms with Crippen molar-refractivity contribution in [1.29, 1.82) is 0 Å². The van der Waals surface area contributed by atoms with Gasteiger partial charge in [0, 0.05) is 30.0 Å². The van der Waals surface area contributed by atoms with Crippen LogP contribution in [0.15, 0.2) is 22.7 Å². The lowest BCUT2D eigenvalue weighted by Crippen LogP contribution is -2.36. The number of halogens is 3. The van der Waals surface area contributed by atoms with Crippen molar-refractivity contribution in [2.24, 2.45) is 0 Å². The Labute approximate surface area is 127 Å². The molecule has 0 radical (unpaired) electrons. The summed E-state index contributed by atoms with van der Waals surface area (Å²) >= 11 is 9.03. The van der Waals surface area contributed by atoms with Crippen LogP contribution in [0.1, 0.15) is 18.4 Å². The molecule has 106 valence electrons. The fraction of sp³-hybridized carbons (Fsp3) is 0.571. The zero-order valence-corrected chi connectivity index (χ0v) is 13.1. The Hall–Kier alpha value is -0.160. The topological polar surface area (TPSA) is 12.5 Å². The van der Waals surface area contributed by atoms with Gasteiger partial charge < -0.3 is 4.74 Å². The molecule has 2 nitrogen and oxygen atoms in total. The normalized spacial score (nSPS) is 17.8. The molecule has 2 rings (SSSR count). The van der Waals surface area contributed by atoms with Gasteiger partial charge in [-0.1, -0.05) is 22.0 Å². The van der Waals surface area contributed by atoms with Crippen LogP contribution >= 0.6 is 27.5 Å². The molecule has 0 saturated carbocycles. The number of hydrogen-bond acceptors (Lipinski definition) is 2. The number of benzene rings is 1. The number of rotatable bonds is 5. The first-order valence-electron chi connectivity index (χ1n) is 6.53.